The number of aromatic nitrogens is 1. The smallest absolute Gasteiger partial charge is 0.271 e. The van der Waals surface area contributed by atoms with Crippen LogP contribution in [0.3, 0.4) is 0 Å². The van der Waals surface area contributed by atoms with E-state index in [1.54, 1.807) is 6.07 Å². The summed E-state index contributed by atoms with van der Waals surface area (Å²) in [6.45, 7) is 6.48. The van der Waals surface area contributed by atoms with Crippen LogP contribution in [0.15, 0.2) is 41.4 Å². The molecule has 0 atom stereocenters. The van der Waals surface area contributed by atoms with Crippen molar-refractivity contribution in [2.75, 3.05) is 0 Å². The Morgan fingerprint density at radius 1 is 1.23 bits per heavy atom. The zero-order valence-electron chi connectivity index (χ0n) is 14.9. The second kappa shape index (κ2) is 7.21. The largest absolute Gasteiger partial charge is 0.316 e. The lowest BCUT2D eigenvalue weighted by molar-refractivity contribution is -0.384. The Bertz CT molecular complexity index is 1080. The highest BCUT2D eigenvalue weighted by Gasteiger charge is 2.12. The molecule has 1 heterocycles. The number of aryl methyl sites for hydroxylation is 3. The third-order valence-electron chi connectivity index (χ3n) is 4.26. The van der Waals surface area contributed by atoms with Crippen molar-refractivity contribution in [3.8, 4) is 0 Å². The Hall–Kier alpha value is -2.80. The summed E-state index contributed by atoms with van der Waals surface area (Å²) in [6.07, 6.45) is 0.242. The predicted molar refractivity (Wildman–Crippen MR) is 102 cm³/mol. The van der Waals surface area contributed by atoms with E-state index < -0.39 is 4.92 Å². The average Bonchev–Trinajstić information content (AvgIpc) is 2.93. The standard InChI is InChI=1S/C19H19N3O3S/c1-4-21-16-11-15(22(24)25)7-8-17(16)26-19(21)20-18(23)10-14-9-12(2)5-6-13(14)3/h5-9,11H,4,10H2,1-3H3. The fraction of sp³-hybridized carbons (Fsp3) is 0.263. The van der Waals surface area contributed by atoms with Crippen LogP contribution < -0.4 is 4.80 Å². The minimum absolute atomic E-state index is 0.0331. The number of nitrogens with zero attached hydrogens (tertiary/aromatic N) is 3. The zero-order valence-corrected chi connectivity index (χ0v) is 15.7. The van der Waals surface area contributed by atoms with E-state index in [1.165, 1.54) is 23.5 Å². The molecule has 7 heteroatoms. The Balaban J connectivity index is 2.02. The van der Waals surface area contributed by atoms with E-state index >= 15 is 0 Å². The van der Waals surface area contributed by atoms with Gasteiger partial charge in [0.15, 0.2) is 4.80 Å². The maximum atomic E-state index is 12.5. The first-order valence-corrected chi connectivity index (χ1v) is 9.12. The molecule has 1 amide bonds. The number of carbonyl (C=O) groups is 1. The molecule has 0 N–H and O–H groups in total. The molecule has 3 aromatic rings. The molecule has 0 saturated heterocycles. The van der Waals surface area contributed by atoms with E-state index in [2.05, 4.69) is 4.99 Å². The summed E-state index contributed by atoms with van der Waals surface area (Å²) >= 11 is 1.37. The van der Waals surface area contributed by atoms with Gasteiger partial charge < -0.3 is 4.57 Å². The lowest BCUT2D eigenvalue weighted by atomic mass is 10.0. The molecule has 0 bridgehead atoms. The molecular formula is C19H19N3O3S. The fourth-order valence-corrected chi connectivity index (χ4v) is 3.95. The van der Waals surface area contributed by atoms with Gasteiger partial charge in [-0.05, 0) is 38.0 Å². The van der Waals surface area contributed by atoms with Crippen molar-refractivity contribution < 1.29 is 9.72 Å². The summed E-state index contributed by atoms with van der Waals surface area (Å²) in [4.78, 5) is 27.9. The highest BCUT2D eigenvalue weighted by molar-refractivity contribution is 7.16. The number of nitro groups is 1. The number of thiazole rings is 1. The lowest BCUT2D eigenvalue weighted by Gasteiger charge is -2.04. The monoisotopic (exact) mass is 369 g/mol. The van der Waals surface area contributed by atoms with Crippen molar-refractivity contribution >= 4 is 33.1 Å². The molecule has 3 rings (SSSR count). The number of carbonyl (C=O) groups excluding carboxylic acids is 1. The zero-order chi connectivity index (χ0) is 18.8. The molecule has 0 aliphatic heterocycles. The highest BCUT2D eigenvalue weighted by atomic mass is 32.1. The highest BCUT2D eigenvalue weighted by Crippen LogP contribution is 2.23. The van der Waals surface area contributed by atoms with Crippen LogP contribution in [0, 0.1) is 24.0 Å². The van der Waals surface area contributed by atoms with Crippen LogP contribution in [0.1, 0.15) is 23.6 Å². The first-order valence-electron chi connectivity index (χ1n) is 8.30. The van der Waals surface area contributed by atoms with E-state index in [1.807, 2.05) is 43.5 Å². The Kier molecular flexibility index (Phi) is 4.99. The summed E-state index contributed by atoms with van der Waals surface area (Å²) in [5, 5.41) is 11.0. The Morgan fingerprint density at radius 3 is 2.69 bits per heavy atom. The van der Waals surface area contributed by atoms with Crippen molar-refractivity contribution in [1.82, 2.24) is 4.57 Å². The third-order valence-corrected chi connectivity index (χ3v) is 5.32. The number of benzene rings is 2. The number of rotatable bonds is 4. The van der Waals surface area contributed by atoms with Crippen molar-refractivity contribution in [2.24, 2.45) is 4.99 Å². The summed E-state index contributed by atoms with van der Waals surface area (Å²) < 4.78 is 2.71. The van der Waals surface area contributed by atoms with Gasteiger partial charge in [0, 0.05) is 18.7 Å². The van der Waals surface area contributed by atoms with Gasteiger partial charge in [0.2, 0.25) is 0 Å². The molecule has 1 aromatic heterocycles. The molecule has 0 saturated carbocycles. The molecular weight excluding hydrogens is 350 g/mol. The summed E-state index contributed by atoms with van der Waals surface area (Å²) in [7, 11) is 0. The number of hydrogen-bond acceptors (Lipinski definition) is 4. The normalized spacial score (nSPS) is 11.9. The van der Waals surface area contributed by atoms with Crippen LogP contribution in [0.25, 0.3) is 10.2 Å². The van der Waals surface area contributed by atoms with Gasteiger partial charge >= 0.3 is 0 Å². The molecule has 26 heavy (non-hydrogen) atoms. The van der Waals surface area contributed by atoms with Crippen LogP contribution in [0.5, 0.6) is 0 Å². The average molecular weight is 369 g/mol. The summed E-state index contributed by atoms with van der Waals surface area (Å²) in [6, 6.07) is 10.7. The van der Waals surface area contributed by atoms with Crippen molar-refractivity contribution in [1.29, 1.82) is 0 Å². The van der Waals surface area contributed by atoms with Crippen molar-refractivity contribution in [3.05, 3.63) is 68.0 Å². The fourth-order valence-electron chi connectivity index (χ4n) is 2.86. The molecule has 0 aliphatic rings. The van der Waals surface area contributed by atoms with Gasteiger partial charge in [0.25, 0.3) is 11.6 Å². The van der Waals surface area contributed by atoms with Gasteiger partial charge in [-0.1, -0.05) is 35.1 Å². The topological polar surface area (TPSA) is 77.5 Å². The predicted octanol–water partition coefficient (Wildman–Crippen LogP) is 3.92. The summed E-state index contributed by atoms with van der Waals surface area (Å²) in [5.74, 6) is -0.220. The van der Waals surface area contributed by atoms with Crippen molar-refractivity contribution in [3.63, 3.8) is 0 Å². The number of hydrogen-bond donors (Lipinski definition) is 0. The maximum absolute atomic E-state index is 12.5. The van der Waals surface area contributed by atoms with Gasteiger partial charge in [0.1, 0.15) is 0 Å². The maximum Gasteiger partial charge on any atom is 0.271 e. The van der Waals surface area contributed by atoms with Gasteiger partial charge in [-0.2, -0.15) is 4.99 Å². The molecule has 0 unspecified atom stereocenters. The van der Waals surface area contributed by atoms with Crippen LogP contribution >= 0.6 is 11.3 Å². The lowest BCUT2D eigenvalue weighted by Crippen LogP contribution is -2.16. The minimum Gasteiger partial charge on any atom is -0.316 e. The molecule has 0 spiro atoms. The van der Waals surface area contributed by atoms with Gasteiger partial charge in [-0.3, -0.25) is 14.9 Å². The van der Waals surface area contributed by atoms with E-state index in [4.69, 9.17) is 0 Å². The van der Waals surface area contributed by atoms with Crippen LogP contribution in [-0.2, 0) is 17.8 Å². The van der Waals surface area contributed by atoms with E-state index in [0.29, 0.717) is 11.3 Å². The number of fused-ring (bicyclic) bond motifs is 1. The second-order valence-corrected chi connectivity index (χ2v) is 7.16. The second-order valence-electron chi connectivity index (χ2n) is 6.15. The number of amides is 1. The Morgan fingerprint density at radius 2 is 2.00 bits per heavy atom. The molecule has 0 fully saturated rings. The van der Waals surface area contributed by atoms with Crippen LogP contribution in [-0.4, -0.2) is 15.4 Å². The summed E-state index contributed by atoms with van der Waals surface area (Å²) in [5.41, 5.74) is 3.90. The van der Waals surface area contributed by atoms with E-state index in [-0.39, 0.29) is 18.0 Å². The van der Waals surface area contributed by atoms with Crippen molar-refractivity contribution in [2.45, 2.75) is 33.7 Å². The molecule has 134 valence electrons. The van der Waals surface area contributed by atoms with E-state index in [0.717, 1.165) is 26.9 Å². The van der Waals surface area contributed by atoms with Crippen LogP contribution in [0.2, 0.25) is 0 Å². The SMILES string of the molecule is CCn1c(=NC(=O)Cc2cc(C)ccc2C)sc2ccc([N+](=O)[O-])cc21. The molecule has 0 radical (unpaired) electrons. The van der Waals surface area contributed by atoms with Gasteiger partial charge in [-0.25, -0.2) is 0 Å². The first-order chi connectivity index (χ1) is 12.4. The number of nitro benzene ring substituents is 1. The molecule has 0 aliphatic carbocycles. The number of non-ortho nitro benzene ring substituents is 1. The van der Waals surface area contributed by atoms with Gasteiger partial charge in [-0.15, -0.1) is 0 Å². The quantitative estimate of drug-likeness (QED) is 0.516. The first kappa shape index (κ1) is 18.0. The third kappa shape index (κ3) is 3.57. The minimum atomic E-state index is -0.417. The Labute approximate surface area is 154 Å². The molecule has 2 aromatic carbocycles. The van der Waals surface area contributed by atoms with E-state index in [9.17, 15) is 14.9 Å². The van der Waals surface area contributed by atoms with Crippen LogP contribution in [0.4, 0.5) is 5.69 Å². The molecule has 6 nitrogen and oxygen atoms in total. The van der Waals surface area contributed by atoms with Gasteiger partial charge in [0.05, 0.1) is 21.6 Å².